The van der Waals surface area contributed by atoms with Gasteiger partial charge in [0, 0.05) is 50.7 Å². The third kappa shape index (κ3) is 4.99. The fraction of sp³-hybridized carbons (Fsp3) is 0.412. The van der Waals surface area contributed by atoms with Crippen LogP contribution in [0.2, 0.25) is 0 Å². The molecule has 24 heavy (non-hydrogen) atoms. The molecule has 1 aromatic heterocycles. The van der Waals surface area contributed by atoms with Gasteiger partial charge in [0.1, 0.15) is 5.82 Å². The molecule has 0 bridgehead atoms. The summed E-state index contributed by atoms with van der Waals surface area (Å²) in [5, 5.41) is 6.21. The van der Waals surface area contributed by atoms with Crippen molar-refractivity contribution in [2.24, 2.45) is 0 Å². The highest BCUT2D eigenvalue weighted by atomic mass is 16.5. The fourth-order valence-corrected chi connectivity index (χ4v) is 2.13. The summed E-state index contributed by atoms with van der Waals surface area (Å²) >= 11 is 0. The molecular formula is C17H24N4O3. The average molecular weight is 332 g/mol. The largest absolute Gasteiger partial charge is 0.493 e. The number of nitrogens with zero attached hydrogens (tertiary/aromatic N) is 2. The van der Waals surface area contributed by atoms with E-state index in [4.69, 9.17) is 14.2 Å². The molecule has 7 heteroatoms. The van der Waals surface area contributed by atoms with Crippen LogP contribution in [0.25, 0.3) is 0 Å². The summed E-state index contributed by atoms with van der Waals surface area (Å²) in [6.07, 6.45) is 0.809. The molecule has 0 radical (unpaired) electrons. The van der Waals surface area contributed by atoms with Crippen LogP contribution in [0.15, 0.2) is 24.3 Å². The summed E-state index contributed by atoms with van der Waals surface area (Å²) < 4.78 is 16.1. The minimum Gasteiger partial charge on any atom is -0.493 e. The van der Waals surface area contributed by atoms with Crippen LogP contribution in [0.3, 0.4) is 0 Å². The molecule has 0 saturated heterocycles. The summed E-state index contributed by atoms with van der Waals surface area (Å²) in [5.41, 5.74) is 1.70. The third-order valence-electron chi connectivity index (χ3n) is 3.28. The maximum Gasteiger partial charge on any atom is 0.229 e. The number of ether oxygens (including phenoxy) is 3. The second kappa shape index (κ2) is 8.93. The van der Waals surface area contributed by atoms with E-state index in [1.807, 2.05) is 38.2 Å². The highest BCUT2D eigenvalue weighted by Crippen LogP contribution is 2.31. The topological polar surface area (TPSA) is 77.5 Å². The van der Waals surface area contributed by atoms with E-state index in [1.165, 1.54) is 0 Å². The first-order valence-corrected chi connectivity index (χ1v) is 7.76. The summed E-state index contributed by atoms with van der Waals surface area (Å²) in [6.45, 7) is 3.13. The number of benzene rings is 1. The van der Waals surface area contributed by atoms with Crippen molar-refractivity contribution in [2.45, 2.75) is 13.3 Å². The molecule has 0 saturated carbocycles. The Morgan fingerprint density at radius 2 is 1.88 bits per heavy atom. The van der Waals surface area contributed by atoms with Crippen molar-refractivity contribution in [1.29, 1.82) is 0 Å². The summed E-state index contributed by atoms with van der Waals surface area (Å²) in [5.74, 6) is 2.63. The van der Waals surface area contributed by atoms with Crippen LogP contribution in [-0.4, -0.2) is 44.4 Å². The minimum atomic E-state index is 0.523. The lowest BCUT2D eigenvalue weighted by atomic mass is 10.2. The molecular weight excluding hydrogens is 308 g/mol. The Balaban J connectivity index is 2.14. The van der Waals surface area contributed by atoms with E-state index >= 15 is 0 Å². The average Bonchev–Trinajstić information content (AvgIpc) is 2.58. The van der Waals surface area contributed by atoms with Gasteiger partial charge in [0.2, 0.25) is 5.95 Å². The van der Waals surface area contributed by atoms with Gasteiger partial charge >= 0.3 is 0 Å². The molecule has 0 spiro atoms. The monoisotopic (exact) mass is 332 g/mol. The molecule has 0 fully saturated rings. The maximum absolute atomic E-state index is 5.78. The Morgan fingerprint density at radius 1 is 1.04 bits per heavy atom. The van der Waals surface area contributed by atoms with Gasteiger partial charge in [-0.15, -0.1) is 0 Å². The quantitative estimate of drug-likeness (QED) is 0.684. The van der Waals surface area contributed by atoms with Crippen molar-refractivity contribution >= 4 is 17.5 Å². The van der Waals surface area contributed by atoms with Crippen LogP contribution >= 0.6 is 0 Å². The second-order valence-electron chi connectivity index (χ2n) is 5.15. The van der Waals surface area contributed by atoms with Crippen LogP contribution in [0, 0.1) is 6.92 Å². The van der Waals surface area contributed by atoms with Crippen molar-refractivity contribution in [3.8, 4) is 11.5 Å². The number of hydrogen-bond acceptors (Lipinski definition) is 7. The Hall–Kier alpha value is -2.54. The van der Waals surface area contributed by atoms with Crippen molar-refractivity contribution in [3.05, 3.63) is 30.0 Å². The predicted octanol–water partition coefficient (Wildman–Crippen LogP) is 2.99. The van der Waals surface area contributed by atoms with Crippen LogP contribution in [0.1, 0.15) is 12.1 Å². The standard InChI is InChI=1S/C17H24N4O3/c1-12-10-16(18-2)21-17(19-12)20-13-6-7-14(23-4)15(11-13)24-9-5-8-22-3/h6-7,10-11H,5,8-9H2,1-4H3,(H2,18,19,20,21). The van der Waals surface area contributed by atoms with Crippen LogP contribution in [0.5, 0.6) is 11.5 Å². The zero-order valence-electron chi connectivity index (χ0n) is 14.5. The lowest BCUT2D eigenvalue weighted by molar-refractivity contribution is 0.170. The lowest BCUT2D eigenvalue weighted by Gasteiger charge is -2.13. The zero-order valence-corrected chi connectivity index (χ0v) is 14.5. The highest BCUT2D eigenvalue weighted by molar-refractivity contribution is 5.60. The second-order valence-corrected chi connectivity index (χ2v) is 5.15. The molecule has 2 N–H and O–H groups in total. The van der Waals surface area contributed by atoms with E-state index in [-0.39, 0.29) is 0 Å². The van der Waals surface area contributed by atoms with E-state index in [0.29, 0.717) is 30.7 Å². The van der Waals surface area contributed by atoms with Crippen molar-refractivity contribution in [2.75, 3.05) is 45.1 Å². The molecule has 0 aliphatic rings. The van der Waals surface area contributed by atoms with Crippen LogP contribution in [-0.2, 0) is 4.74 Å². The van der Waals surface area contributed by atoms with Gasteiger partial charge in [-0.05, 0) is 19.1 Å². The number of anilines is 3. The van der Waals surface area contributed by atoms with E-state index in [2.05, 4.69) is 20.6 Å². The van der Waals surface area contributed by atoms with E-state index < -0.39 is 0 Å². The molecule has 2 aromatic rings. The van der Waals surface area contributed by atoms with Crippen LogP contribution in [0.4, 0.5) is 17.5 Å². The Morgan fingerprint density at radius 3 is 2.58 bits per heavy atom. The first kappa shape index (κ1) is 17.8. The fourth-order valence-electron chi connectivity index (χ4n) is 2.13. The third-order valence-corrected chi connectivity index (χ3v) is 3.28. The summed E-state index contributed by atoms with van der Waals surface area (Å²) in [4.78, 5) is 8.77. The number of aryl methyl sites for hydroxylation is 1. The number of methoxy groups -OCH3 is 2. The molecule has 0 atom stereocenters. The first-order chi connectivity index (χ1) is 11.7. The molecule has 1 aromatic carbocycles. The smallest absolute Gasteiger partial charge is 0.229 e. The van der Waals surface area contributed by atoms with E-state index in [9.17, 15) is 0 Å². The van der Waals surface area contributed by atoms with Gasteiger partial charge in [-0.1, -0.05) is 0 Å². The molecule has 1 heterocycles. The van der Waals surface area contributed by atoms with Crippen molar-refractivity contribution in [3.63, 3.8) is 0 Å². The molecule has 130 valence electrons. The highest BCUT2D eigenvalue weighted by Gasteiger charge is 2.08. The number of nitrogens with one attached hydrogen (secondary N) is 2. The Kier molecular flexibility index (Phi) is 6.62. The SMILES string of the molecule is CNc1cc(C)nc(Nc2ccc(OC)c(OCCCOC)c2)n1. The van der Waals surface area contributed by atoms with Crippen molar-refractivity contribution < 1.29 is 14.2 Å². The van der Waals surface area contributed by atoms with E-state index in [0.717, 1.165) is 23.6 Å². The van der Waals surface area contributed by atoms with Gasteiger partial charge in [-0.25, -0.2) is 4.98 Å². The van der Waals surface area contributed by atoms with E-state index in [1.54, 1.807) is 14.2 Å². The molecule has 0 aliphatic carbocycles. The molecule has 2 rings (SSSR count). The van der Waals surface area contributed by atoms with Crippen molar-refractivity contribution in [1.82, 2.24) is 9.97 Å². The molecule has 0 amide bonds. The maximum atomic E-state index is 5.78. The minimum absolute atomic E-state index is 0.523. The normalized spacial score (nSPS) is 10.3. The van der Waals surface area contributed by atoms with Crippen LogP contribution < -0.4 is 20.1 Å². The summed E-state index contributed by atoms with van der Waals surface area (Å²) in [6, 6.07) is 7.49. The molecule has 0 unspecified atom stereocenters. The molecule has 7 nitrogen and oxygen atoms in total. The lowest BCUT2D eigenvalue weighted by Crippen LogP contribution is -2.04. The first-order valence-electron chi connectivity index (χ1n) is 7.76. The van der Waals surface area contributed by atoms with Gasteiger partial charge in [-0.2, -0.15) is 4.98 Å². The number of rotatable bonds is 9. The van der Waals surface area contributed by atoms with Gasteiger partial charge in [0.15, 0.2) is 11.5 Å². The Bertz CT molecular complexity index is 664. The number of hydrogen-bond donors (Lipinski definition) is 2. The van der Waals surface area contributed by atoms with Gasteiger partial charge in [0.05, 0.1) is 13.7 Å². The van der Waals surface area contributed by atoms with Gasteiger partial charge < -0.3 is 24.8 Å². The van der Waals surface area contributed by atoms with Gasteiger partial charge in [-0.3, -0.25) is 0 Å². The summed E-state index contributed by atoms with van der Waals surface area (Å²) in [7, 11) is 5.12. The predicted molar refractivity (Wildman–Crippen MR) is 94.6 cm³/mol. The molecule has 0 aliphatic heterocycles. The Labute approximate surface area is 142 Å². The zero-order chi connectivity index (χ0) is 17.4. The van der Waals surface area contributed by atoms with Gasteiger partial charge in [0.25, 0.3) is 0 Å². The number of aromatic nitrogens is 2.